The summed E-state index contributed by atoms with van der Waals surface area (Å²) in [6.45, 7) is 0. The number of alkyl halides is 3. The molecule has 0 saturated carbocycles. The maximum atomic E-state index is 12.9. The molecule has 0 amide bonds. The number of sulfone groups is 1. The van der Waals surface area contributed by atoms with E-state index >= 15 is 0 Å². The van der Waals surface area contributed by atoms with E-state index in [0.717, 1.165) is 6.07 Å². The molecular formula is C11H11BrF3NO3S. The third kappa shape index (κ3) is 3.44. The van der Waals surface area contributed by atoms with Gasteiger partial charge in [-0.1, -0.05) is 15.9 Å². The highest BCUT2D eigenvalue weighted by molar-refractivity contribution is 9.10. The van der Waals surface area contributed by atoms with Crippen LogP contribution in [0.1, 0.15) is 5.56 Å². The third-order valence-electron chi connectivity index (χ3n) is 2.95. The minimum atomic E-state index is -4.57. The van der Waals surface area contributed by atoms with Crippen LogP contribution in [0.5, 0.6) is 0 Å². The zero-order chi connectivity index (χ0) is 15.1. The van der Waals surface area contributed by atoms with Gasteiger partial charge in [-0.15, -0.1) is 0 Å². The molecule has 112 valence electrons. The molecule has 1 saturated heterocycles. The first-order chi connectivity index (χ1) is 9.08. The van der Waals surface area contributed by atoms with Crippen molar-refractivity contribution in [1.29, 1.82) is 0 Å². The van der Waals surface area contributed by atoms with E-state index in [1.54, 1.807) is 0 Å². The first kappa shape index (κ1) is 15.6. The van der Waals surface area contributed by atoms with Crippen LogP contribution in [0.2, 0.25) is 0 Å². The topological polar surface area (TPSA) is 66.4 Å². The summed E-state index contributed by atoms with van der Waals surface area (Å²) in [6, 6.07) is 2.57. The number of anilines is 1. The fourth-order valence-corrected chi connectivity index (χ4v) is 4.15. The van der Waals surface area contributed by atoms with Gasteiger partial charge in [-0.25, -0.2) is 8.42 Å². The van der Waals surface area contributed by atoms with Crippen LogP contribution in [0.3, 0.4) is 0 Å². The number of aliphatic hydroxyl groups is 1. The van der Waals surface area contributed by atoms with Crippen LogP contribution in [0.15, 0.2) is 22.7 Å². The molecule has 1 heterocycles. The van der Waals surface area contributed by atoms with Gasteiger partial charge in [-0.2, -0.15) is 13.2 Å². The van der Waals surface area contributed by atoms with E-state index in [2.05, 4.69) is 21.2 Å². The molecule has 0 aromatic heterocycles. The molecule has 4 nitrogen and oxygen atoms in total. The Balaban J connectivity index is 2.31. The van der Waals surface area contributed by atoms with Gasteiger partial charge < -0.3 is 10.4 Å². The van der Waals surface area contributed by atoms with E-state index in [0.29, 0.717) is 0 Å². The smallest absolute Gasteiger partial charge is 0.390 e. The zero-order valence-electron chi connectivity index (χ0n) is 9.98. The molecule has 20 heavy (non-hydrogen) atoms. The number of benzene rings is 1. The van der Waals surface area contributed by atoms with Crippen LogP contribution in [0.4, 0.5) is 18.9 Å². The summed E-state index contributed by atoms with van der Waals surface area (Å²) in [5, 5.41) is 12.1. The Hall–Kier alpha value is -0.800. The van der Waals surface area contributed by atoms with Crippen LogP contribution >= 0.6 is 15.9 Å². The van der Waals surface area contributed by atoms with Crippen molar-refractivity contribution < 1.29 is 26.7 Å². The number of nitrogens with one attached hydrogen (secondary N) is 1. The second kappa shape index (κ2) is 5.19. The first-order valence-corrected chi connectivity index (χ1v) is 8.22. The fourth-order valence-electron chi connectivity index (χ4n) is 2.04. The van der Waals surface area contributed by atoms with Gasteiger partial charge in [0, 0.05) is 10.2 Å². The summed E-state index contributed by atoms with van der Waals surface area (Å²) in [5.41, 5.74) is -1.16. The lowest BCUT2D eigenvalue weighted by atomic mass is 10.1. The minimum Gasteiger partial charge on any atom is -0.390 e. The molecule has 1 aliphatic rings. The largest absolute Gasteiger partial charge is 0.418 e. The summed E-state index contributed by atoms with van der Waals surface area (Å²) in [5.74, 6) is -0.829. The van der Waals surface area contributed by atoms with E-state index in [1.807, 2.05) is 0 Å². The van der Waals surface area contributed by atoms with Crippen molar-refractivity contribution >= 4 is 31.5 Å². The van der Waals surface area contributed by atoms with Gasteiger partial charge in [0.25, 0.3) is 0 Å². The van der Waals surface area contributed by atoms with Gasteiger partial charge in [0.15, 0.2) is 9.84 Å². The number of halogens is 4. The average Bonchev–Trinajstić information content (AvgIpc) is 2.53. The predicted octanol–water partition coefficient (Wildman–Crippen LogP) is 2.04. The van der Waals surface area contributed by atoms with Crippen molar-refractivity contribution in [3.05, 3.63) is 28.2 Å². The standard InChI is InChI=1S/C11H11BrF3NO3S/c12-6-1-2-8(7(3-6)11(13,14)15)16-9-4-20(18,19)5-10(9)17/h1-3,9-10,16-17H,4-5H2. The van der Waals surface area contributed by atoms with Crippen LogP contribution in [0, 0.1) is 0 Å². The van der Waals surface area contributed by atoms with Gasteiger partial charge >= 0.3 is 6.18 Å². The summed E-state index contributed by atoms with van der Waals surface area (Å²) < 4.78 is 61.7. The van der Waals surface area contributed by atoms with Crippen LogP contribution < -0.4 is 5.32 Å². The highest BCUT2D eigenvalue weighted by Crippen LogP contribution is 2.37. The predicted molar refractivity (Wildman–Crippen MR) is 71.2 cm³/mol. The molecule has 2 N–H and O–H groups in total. The highest BCUT2D eigenvalue weighted by Gasteiger charge is 2.39. The summed E-state index contributed by atoms with van der Waals surface area (Å²) >= 11 is 2.96. The summed E-state index contributed by atoms with van der Waals surface area (Å²) in [4.78, 5) is 0. The Bertz CT molecular complexity index is 618. The molecule has 0 spiro atoms. The Morgan fingerprint density at radius 1 is 1.30 bits per heavy atom. The lowest BCUT2D eigenvalue weighted by molar-refractivity contribution is -0.137. The lowest BCUT2D eigenvalue weighted by Gasteiger charge is -2.20. The van der Waals surface area contributed by atoms with E-state index in [-0.39, 0.29) is 15.9 Å². The Kier molecular flexibility index (Phi) is 4.05. The fraction of sp³-hybridized carbons (Fsp3) is 0.455. The van der Waals surface area contributed by atoms with Crippen molar-refractivity contribution in [3.63, 3.8) is 0 Å². The molecule has 1 aromatic carbocycles. The Labute approximate surface area is 122 Å². The van der Waals surface area contributed by atoms with Crippen LogP contribution in [0.25, 0.3) is 0 Å². The molecule has 1 aromatic rings. The van der Waals surface area contributed by atoms with E-state index in [1.165, 1.54) is 12.1 Å². The normalized spacial score (nSPS) is 25.6. The minimum absolute atomic E-state index is 0.248. The van der Waals surface area contributed by atoms with E-state index < -0.39 is 39.5 Å². The number of hydrogen-bond donors (Lipinski definition) is 2. The molecule has 0 bridgehead atoms. The quantitative estimate of drug-likeness (QED) is 0.832. The van der Waals surface area contributed by atoms with Crippen molar-refractivity contribution in [2.45, 2.75) is 18.3 Å². The average molecular weight is 374 g/mol. The second-order valence-electron chi connectivity index (χ2n) is 4.58. The second-order valence-corrected chi connectivity index (χ2v) is 7.65. The Morgan fingerprint density at radius 3 is 2.45 bits per heavy atom. The van der Waals surface area contributed by atoms with Crippen molar-refractivity contribution in [2.24, 2.45) is 0 Å². The zero-order valence-corrected chi connectivity index (χ0v) is 12.4. The van der Waals surface area contributed by atoms with Gasteiger partial charge in [0.1, 0.15) is 0 Å². The first-order valence-electron chi connectivity index (χ1n) is 5.60. The molecule has 9 heteroatoms. The molecule has 0 radical (unpaired) electrons. The number of rotatable bonds is 2. The number of aliphatic hydroxyl groups excluding tert-OH is 1. The maximum Gasteiger partial charge on any atom is 0.418 e. The highest BCUT2D eigenvalue weighted by atomic mass is 79.9. The van der Waals surface area contributed by atoms with Crippen LogP contribution in [-0.4, -0.2) is 37.2 Å². The summed E-state index contributed by atoms with van der Waals surface area (Å²) in [7, 11) is -3.42. The SMILES string of the molecule is O=S1(=O)CC(O)C(Nc2ccc(Br)cc2C(F)(F)F)C1. The van der Waals surface area contributed by atoms with Crippen LogP contribution in [-0.2, 0) is 16.0 Å². The molecule has 0 aliphatic carbocycles. The van der Waals surface area contributed by atoms with Gasteiger partial charge in [-0.3, -0.25) is 0 Å². The molecular weight excluding hydrogens is 363 g/mol. The van der Waals surface area contributed by atoms with E-state index in [4.69, 9.17) is 0 Å². The molecule has 1 aliphatic heterocycles. The van der Waals surface area contributed by atoms with Crippen molar-refractivity contribution in [3.8, 4) is 0 Å². The molecule has 2 unspecified atom stereocenters. The van der Waals surface area contributed by atoms with Gasteiger partial charge in [0.05, 0.1) is 29.2 Å². The molecule has 1 fully saturated rings. The van der Waals surface area contributed by atoms with Crippen molar-refractivity contribution in [2.75, 3.05) is 16.8 Å². The Morgan fingerprint density at radius 2 is 1.95 bits per heavy atom. The molecule has 2 atom stereocenters. The third-order valence-corrected chi connectivity index (χ3v) is 5.16. The van der Waals surface area contributed by atoms with E-state index in [9.17, 15) is 26.7 Å². The number of hydrogen-bond acceptors (Lipinski definition) is 4. The molecule has 2 rings (SSSR count). The van der Waals surface area contributed by atoms with Gasteiger partial charge in [-0.05, 0) is 18.2 Å². The lowest BCUT2D eigenvalue weighted by Crippen LogP contribution is -2.32. The summed E-state index contributed by atoms with van der Waals surface area (Å²) in [6.07, 6.45) is -5.79. The monoisotopic (exact) mass is 373 g/mol. The van der Waals surface area contributed by atoms with Crippen molar-refractivity contribution in [1.82, 2.24) is 0 Å². The maximum absolute atomic E-state index is 12.9. The van der Waals surface area contributed by atoms with Gasteiger partial charge in [0.2, 0.25) is 0 Å².